The first kappa shape index (κ1) is 28.6. The first-order valence-electron chi connectivity index (χ1n) is 9.80. The topological polar surface area (TPSA) is 70.5 Å². The Morgan fingerprint density at radius 1 is 0.447 bits per heavy atom. The first-order chi connectivity index (χ1) is 17.2. The van der Waals surface area contributed by atoms with Crippen molar-refractivity contribution in [3.63, 3.8) is 0 Å². The van der Waals surface area contributed by atoms with Gasteiger partial charge in [0.2, 0.25) is 0 Å². The average molecular weight is 564 g/mol. The lowest BCUT2D eigenvalue weighted by molar-refractivity contribution is -0.162. The number of benzene rings is 3. The summed E-state index contributed by atoms with van der Waals surface area (Å²) in [5.41, 5.74) is -1.31. The Labute approximate surface area is 204 Å². The maximum Gasteiger partial charge on any atom is 0.420 e. The standard InChI is InChI=1S/C22H12F12N2O2/c23-19(24,25)15-11(35)4-6-13(17(15)21(29,30)31)37-9-2-1-3-10(8-9)38-14-7-5-12(36)16(20(26,27)28)18(14)22(32,33)34/h1-8H,35-36H2. The van der Waals surface area contributed by atoms with E-state index in [0.717, 1.165) is 18.2 Å². The number of halogens is 12. The largest absolute Gasteiger partial charge is 0.457 e. The van der Waals surface area contributed by atoms with Crippen LogP contribution in [0.2, 0.25) is 0 Å². The second-order valence-corrected chi connectivity index (χ2v) is 7.48. The number of hydrogen-bond donors (Lipinski definition) is 2. The third-order valence-electron chi connectivity index (χ3n) is 4.79. The summed E-state index contributed by atoms with van der Waals surface area (Å²) in [5.74, 6) is -4.05. The molecule has 0 bridgehead atoms. The molecule has 0 unspecified atom stereocenters. The van der Waals surface area contributed by atoms with E-state index in [2.05, 4.69) is 0 Å². The minimum Gasteiger partial charge on any atom is -0.457 e. The summed E-state index contributed by atoms with van der Waals surface area (Å²) in [4.78, 5) is 0. The van der Waals surface area contributed by atoms with Crippen molar-refractivity contribution in [2.75, 3.05) is 11.5 Å². The van der Waals surface area contributed by atoms with Gasteiger partial charge in [0.1, 0.15) is 34.1 Å². The minimum absolute atomic E-state index is 0.484. The van der Waals surface area contributed by atoms with Gasteiger partial charge < -0.3 is 20.9 Å². The molecule has 0 aliphatic rings. The summed E-state index contributed by atoms with van der Waals surface area (Å²) >= 11 is 0. The van der Waals surface area contributed by atoms with Gasteiger partial charge in [0.25, 0.3) is 0 Å². The molecule has 3 rings (SSSR count). The van der Waals surface area contributed by atoms with Crippen molar-refractivity contribution in [2.45, 2.75) is 24.7 Å². The zero-order chi connectivity index (χ0) is 28.8. The molecule has 0 aliphatic carbocycles. The van der Waals surface area contributed by atoms with Crippen molar-refractivity contribution in [2.24, 2.45) is 0 Å². The molecule has 4 N–H and O–H groups in total. The quantitative estimate of drug-likeness (QED) is 0.246. The Morgan fingerprint density at radius 2 is 0.763 bits per heavy atom. The number of hydrogen-bond acceptors (Lipinski definition) is 4. The molecule has 0 aromatic heterocycles. The Hall–Kier alpha value is -3.98. The Balaban J connectivity index is 2.09. The van der Waals surface area contributed by atoms with E-state index in [1.54, 1.807) is 0 Å². The summed E-state index contributed by atoms with van der Waals surface area (Å²) in [6.07, 6.45) is -22.3. The van der Waals surface area contributed by atoms with Crippen LogP contribution in [0.4, 0.5) is 64.1 Å². The highest BCUT2D eigenvalue weighted by molar-refractivity contribution is 5.61. The zero-order valence-corrected chi connectivity index (χ0v) is 18.1. The van der Waals surface area contributed by atoms with Gasteiger partial charge in [-0.1, -0.05) is 6.07 Å². The lowest BCUT2D eigenvalue weighted by atomic mass is 10.0. The second kappa shape index (κ2) is 9.40. The van der Waals surface area contributed by atoms with Crippen molar-refractivity contribution >= 4 is 11.4 Å². The molecule has 0 saturated heterocycles. The van der Waals surface area contributed by atoms with Crippen LogP contribution in [-0.4, -0.2) is 0 Å². The monoisotopic (exact) mass is 564 g/mol. The molecular formula is C22H12F12N2O2. The number of alkyl halides is 12. The molecule has 0 fully saturated rings. The van der Waals surface area contributed by atoms with Gasteiger partial charge in [-0.2, -0.15) is 52.7 Å². The highest BCUT2D eigenvalue weighted by Gasteiger charge is 2.48. The number of rotatable bonds is 4. The Morgan fingerprint density at radius 3 is 1.05 bits per heavy atom. The van der Waals surface area contributed by atoms with E-state index in [-0.39, 0.29) is 0 Å². The van der Waals surface area contributed by atoms with Crippen molar-refractivity contribution in [3.8, 4) is 23.0 Å². The van der Waals surface area contributed by atoms with Crippen molar-refractivity contribution in [1.29, 1.82) is 0 Å². The second-order valence-electron chi connectivity index (χ2n) is 7.48. The van der Waals surface area contributed by atoms with Crippen LogP contribution >= 0.6 is 0 Å². The van der Waals surface area contributed by atoms with Gasteiger partial charge in [0, 0.05) is 17.4 Å². The number of nitrogen functional groups attached to an aromatic ring is 2. The van der Waals surface area contributed by atoms with Crippen molar-refractivity contribution in [3.05, 3.63) is 70.8 Å². The van der Waals surface area contributed by atoms with Crippen LogP contribution in [0.3, 0.4) is 0 Å². The molecule has 4 nitrogen and oxygen atoms in total. The van der Waals surface area contributed by atoms with Gasteiger partial charge in [-0.3, -0.25) is 0 Å². The molecule has 16 heteroatoms. The van der Waals surface area contributed by atoms with Crippen molar-refractivity contribution < 1.29 is 62.2 Å². The molecule has 0 aliphatic heterocycles. The molecule has 0 atom stereocenters. The van der Waals surface area contributed by atoms with E-state index in [1.165, 1.54) is 0 Å². The van der Waals surface area contributed by atoms with Crippen LogP contribution in [0.15, 0.2) is 48.5 Å². The van der Waals surface area contributed by atoms with Gasteiger partial charge in [-0.25, -0.2) is 0 Å². The minimum atomic E-state index is -5.61. The fourth-order valence-electron chi connectivity index (χ4n) is 3.40. The lowest BCUT2D eigenvalue weighted by Gasteiger charge is -2.21. The third kappa shape index (κ3) is 5.94. The summed E-state index contributed by atoms with van der Waals surface area (Å²) in [7, 11) is 0. The smallest absolute Gasteiger partial charge is 0.420 e. The van der Waals surface area contributed by atoms with Gasteiger partial charge >= 0.3 is 24.7 Å². The molecule has 38 heavy (non-hydrogen) atoms. The fourth-order valence-corrected chi connectivity index (χ4v) is 3.40. The molecular weight excluding hydrogens is 552 g/mol. The first-order valence-corrected chi connectivity index (χ1v) is 9.80. The van der Waals surface area contributed by atoms with Gasteiger partial charge in [-0.05, 0) is 36.4 Å². The lowest BCUT2D eigenvalue weighted by Crippen LogP contribution is -2.20. The highest BCUT2D eigenvalue weighted by Crippen LogP contribution is 2.50. The molecule has 206 valence electrons. The predicted molar refractivity (Wildman–Crippen MR) is 108 cm³/mol. The van der Waals surface area contributed by atoms with Crippen LogP contribution in [0.1, 0.15) is 22.3 Å². The summed E-state index contributed by atoms with van der Waals surface area (Å²) in [6.45, 7) is 0. The van der Waals surface area contributed by atoms with E-state index in [0.29, 0.717) is 30.3 Å². The van der Waals surface area contributed by atoms with Crippen LogP contribution < -0.4 is 20.9 Å². The molecule has 0 spiro atoms. The average Bonchev–Trinajstić information content (AvgIpc) is 2.73. The summed E-state index contributed by atoms with van der Waals surface area (Å²) < 4.78 is 171. The third-order valence-corrected chi connectivity index (χ3v) is 4.79. The van der Waals surface area contributed by atoms with E-state index >= 15 is 0 Å². The number of nitrogens with two attached hydrogens (primary N) is 2. The van der Waals surface area contributed by atoms with Gasteiger partial charge in [0.15, 0.2) is 0 Å². The van der Waals surface area contributed by atoms with Gasteiger partial charge in [0.05, 0.1) is 11.1 Å². The zero-order valence-electron chi connectivity index (χ0n) is 18.1. The molecule has 0 amide bonds. The normalized spacial score (nSPS) is 12.9. The summed E-state index contributed by atoms with van der Waals surface area (Å²) in [6, 6.07) is 5.38. The molecule has 3 aromatic rings. The number of anilines is 2. The molecule has 0 heterocycles. The highest BCUT2D eigenvalue weighted by atomic mass is 19.4. The Kier molecular flexibility index (Phi) is 7.07. The van der Waals surface area contributed by atoms with E-state index in [9.17, 15) is 52.7 Å². The maximum atomic E-state index is 13.5. The van der Waals surface area contributed by atoms with E-state index in [1.807, 2.05) is 0 Å². The molecule has 0 radical (unpaired) electrons. The molecule has 3 aromatic carbocycles. The van der Waals surface area contributed by atoms with Gasteiger partial charge in [-0.15, -0.1) is 0 Å². The Bertz CT molecular complexity index is 1240. The SMILES string of the molecule is Nc1ccc(Oc2cccc(Oc3ccc(N)c(C(F)(F)F)c3C(F)(F)F)c2)c(C(F)(F)F)c1C(F)(F)F. The van der Waals surface area contributed by atoms with Crippen LogP contribution in [-0.2, 0) is 24.7 Å². The predicted octanol–water partition coefficient (Wildman–Crippen LogP) is 8.51. The molecule has 0 saturated carbocycles. The van der Waals surface area contributed by atoms with Crippen LogP contribution in [0.25, 0.3) is 0 Å². The van der Waals surface area contributed by atoms with Crippen LogP contribution in [0, 0.1) is 0 Å². The fraction of sp³-hybridized carbons (Fsp3) is 0.182. The number of ether oxygens (including phenoxy) is 2. The van der Waals surface area contributed by atoms with Crippen LogP contribution in [0.5, 0.6) is 23.0 Å². The maximum absolute atomic E-state index is 13.5. The summed E-state index contributed by atoms with van der Waals surface area (Å²) in [5, 5.41) is 0. The van der Waals surface area contributed by atoms with E-state index in [4.69, 9.17) is 20.9 Å². The van der Waals surface area contributed by atoms with E-state index < -0.39 is 81.3 Å². The van der Waals surface area contributed by atoms with Crippen molar-refractivity contribution in [1.82, 2.24) is 0 Å².